The van der Waals surface area contributed by atoms with Crippen molar-refractivity contribution < 1.29 is 33.0 Å². The number of carbonyl (C=O) groups excluding carboxylic acids is 2. The van der Waals surface area contributed by atoms with Gasteiger partial charge in [-0.1, -0.05) is 24.3 Å². The molecular formula is C22H21NO7. The SMILES string of the molecule is COCc1c(C(=O)OCC(=O)N[C@@H](C)c2ccc3c(c2)OCO3)oc2ccccc12. The van der Waals surface area contributed by atoms with E-state index in [4.69, 9.17) is 23.4 Å². The molecule has 0 saturated heterocycles. The van der Waals surface area contributed by atoms with Crippen LogP contribution in [0.25, 0.3) is 11.0 Å². The van der Waals surface area contributed by atoms with Crippen molar-refractivity contribution in [1.29, 1.82) is 0 Å². The Morgan fingerprint density at radius 3 is 2.77 bits per heavy atom. The molecule has 1 aromatic heterocycles. The van der Waals surface area contributed by atoms with Crippen LogP contribution in [0.5, 0.6) is 11.5 Å². The molecule has 0 radical (unpaired) electrons. The van der Waals surface area contributed by atoms with E-state index in [1.54, 1.807) is 12.1 Å². The molecule has 0 unspecified atom stereocenters. The molecule has 8 heteroatoms. The monoisotopic (exact) mass is 411 g/mol. The molecule has 0 aliphatic carbocycles. The van der Waals surface area contributed by atoms with Crippen LogP contribution in [-0.4, -0.2) is 32.4 Å². The van der Waals surface area contributed by atoms with Crippen LogP contribution in [0.1, 0.15) is 34.6 Å². The third kappa shape index (κ3) is 3.95. The molecule has 1 aliphatic rings. The fraction of sp³-hybridized carbons (Fsp3) is 0.273. The van der Waals surface area contributed by atoms with Gasteiger partial charge >= 0.3 is 5.97 Å². The molecule has 4 rings (SSSR count). The zero-order valence-electron chi connectivity index (χ0n) is 16.6. The van der Waals surface area contributed by atoms with Crippen LogP contribution < -0.4 is 14.8 Å². The number of ether oxygens (including phenoxy) is 4. The summed E-state index contributed by atoms with van der Waals surface area (Å²) < 4.78 is 26.6. The lowest BCUT2D eigenvalue weighted by molar-refractivity contribution is -0.124. The first-order chi connectivity index (χ1) is 14.6. The summed E-state index contributed by atoms with van der Waals surface area (Å²) in [5.41, 5.74) is 1.99. The molecule has 1 N–H and O–H groups in total. The van der Waals surface area contributed by atoms with E-state index >= 15 is 0 Å². The smallest absolute Gasteiger partial charge is 0.375 e. The number of amides is 1. The van der Waals surface area contributed by atoms with Gasteiger partial charge in [-0.3, -0.25) is 4.79 Å². The van der Waals surface area contributed by atoms with E-state index in [9.17, 15) is 9.59 Å². The third-order valence-corrected chi connectivity index (χ3v) is 4.78. The first kappa shape index (κ1) is 19.8. The van der Waals surface area contributed by atoms with E-state index in [2.05, 4.69) is 5.32 Å². The van der Waals surface area contributed by atoms with Gasteiger partial charge in [0.15, 0.2) is 18.1 Å². The van der Waals surface area contributed by atoms with Crippen molar-refractivity contribution in [2.24, 2.45) is 0 Å². The number of esters is 1. The molecule has 2 aromatic carbocycles. The summed E-state index contributed by atoms with van der Waals surface area (Å²) in [7, 11) is 1.53. The topological polar surface area (TPSA) is 96.2 Å². The lowest BCUT2D eigenvalue weighted by Gasteiger charge is -2.15. The summed E-state index contributed by atoms with van der Waals surface area (Å²) in [6.07, 6.45) is 0. The minimum Gasteiger partial charge on any atom is -0.454 e. The normalized spacial score (nSPS) is 13.3. The molecule has 1 aliphatic heterocycles. The van der Waals surface area contributed by atoms with Crippen molar-refractivity contribution in [1.82, 2.24) is 5.32 Å². The minimum absolute atomic E-state index is 0.0367. The van der Waals surface area contributed by atoms with Gasteiger partial charge in [-0.15, -0.1) is 0 Å². The summed E-state index contributed by atoms with van der Waals surface area (Å²) in [5.74, 6) is 0.191. The zero-order chi connectivity index (χ0) is 21.1. The highest BCUT2D eigenvalue weighted by Crippen LogP contribution is 2.34. The van der Waals surface area contributed by atoms with Gasteiger partial charge in [-0.2, -0.15) is 0 Å². The number of methoxy groups -OCH3 is 1. The van der Waals surface area contributed by atoms with E-state index in [-0.39, 0.29) is 25.2 Å². The second kappa shape index (κ2) is 8.46. The van der Waals surface area contributed by atoms with Crippen molar-refractivity contribution >= 4 is 22.8 Å². The van der Waals surface area contributed by atoms with Crippen LogP contribution in [-0.2, 0) is 20.9 Å². The van der Waals surface area contributed by atoms with Crippen molar-refractivity contribution in [3.8, 4) is 11.5 Å². The number of rotatable bonds is 7. The second-order valence-corrected chi connectivity index (χ2v) is 6.82. The predicted molar refractivity (Wildman–Crippen MR) is 106 cm³/mol. The highest BCUT2D eigenvalue weighted by atomic mass is 16.7. The average molecular weight is 411 g/mol. The molecule has 0 spiro atoms. The molecule has 1 atom stereocenters. The Balaban J connectivity index is 1.38. The van der Waals surface area contributed by atoms with Crippen LogP contribution in [0.3, 0.4) is 0 Å². The maximum absolute atomic E-state index is 12.5. The Bertz CT molecular complexity index is 1090. The Labute approximate surface area is 172 Å². The van der Waals surface area contributed by atoms with Crippen molar-refractivity contribution in [3.63, 3.8) is 0 Å². The van der Waals surface area contributed by atoms with Crippen molar-refractivity contribution in [2.45, 2.75) is 19.6 Å². The van der Waals surface area contributed by atoms with Crippen LogP contribution in [0.4, 0.5) is 0 Å². The number of hydrogen-bond acceptors (Lipinski definition) is 7. The third-order valence-electron chi connectivity index (χ3n) is 4.78. The maximum atomic E-state index is 12.5. The number of fused-ring (bicyclic) bond motifs is 2. The summed E-state index contributed by atoms with van der Waals surface area (Å²) in [6, 6.07) is 12.4. The van der Waals surface area contributed by atoms with Crippen LogP contribution in [0, 0.1) is 0 Å². The largest absolute Gasteiger partial charge is 0.454 e. The van der Waals surface area contributed by atoms with Crippen LogP contribution in [0.15, 0.2) is 46.9 Å². The van der Waals surface area contributed by atoms with E-state index in [1.165, 1.54) is 7.11 Å². The van der Waals surface area contributed by atoms with Crippen molar-refractivity contribution in [2.75, 3.05) is 20.5 Å². The van der Waals surface area contributed by atoms with Crippen LogP contribution >= 0.6 is 0 Å². The lowest BCUT2D eigenvalue weighted by Crippen LogP contribution is -2.31. The Kier molecular flexibility index (Phi) is 5.58. The van der Waals surface area contributed by atoms with E-state index < -0.39 is 18.5 Å². The molecule has 3 aromatic rings. The number of hydrogen-bond donors (Lipinski definition) is 1. The average Bonchev–Trinajstić information content (AvgIpc) is 3.36. The Hall–Kier alpha value is -3.52. The molecule has 0 bridgehead atoms. The van der Waals surface area contributed by atoms with Crippen molar-refractivity contribution in [3.05, 3.63) is 59.4 Å². The number of benzene rings is 2. The second-order valence-electron chi connectivity index (χ2n) is 6.82. The molecule has 30 heavy (non-hydrogen) atoms. The predicted octanol–water partition coefficient (Wildman–Crippen LogP) is 3.34. The molecular weight excluding hydrogens is 390 g/mol. The first-order valence-corrected chi connectivity index (χ1v) is 9.42. The summed E-state index contributed by atoms with van der Waals surface area (Å²) in [4.78, 5) is 24.8. The highest BCUT2D eigenvalue weighted by Gasteiger charge is 2.23. The van der Waals surface area contributed by atoms with Crippen LogP contribution in [0.2, 0.25) is 0 Å². The summed E-state index contributed by atoms with van der Waals surface area (Å²) in [5, 5.41) is 3.56. The van der Waals surface area contributed by atoms with Gasteiger partial charge in [0.1, 0.15) is 5.58 Å². The fourth-order valence-corrected chi connectivity index (χ4v) is 3.30. The van der Waals surface area contributed by atoms with Gasteiger partial charge in [0.05, 0.1) is 12.6 Å². The lowest BCUT2D eigenvalue weighted by atomic mass is 10.1. The zero-order valence-corrected chi connectivity index (χ0v) is 16.6. The van der Waals surface area contributed by atoms with E-state index in [0.717, 1.165) is 10.9 Å². The number of carbonyl (C=O) groups is 2. The summed E-state index contributed by atoms with van der Waals surface area (Å²) in [6.45, 7) is 1.77. The van der Waals surface area contributed by atoms with E-state index in [0.29, 0.717) is 22.6 Å². The molecule has 8 nitrogen and oxygen atoms in total. The number of nitrogens with one attached hydrogen (secondary N) is 1. The van der Waals surface area contributed by atoms with Gasteiger partial charge in [0, 0.05) is 18.1 Å². The molecule has 1 amide bonds. The Morgan fingerprint density at radius 1 is 1.13 bits per heavy atom. The Morgan fingerprint density at radius 2 is 1.93 bits per heavy atom. The molecule has 2 heterocycles. The number of para-hydroxylation sites is 1. The quantitative estimate of drug-likeness (QED) is 0.596. The van der Waals surface area contributed by atoms with E-state index in [1.807, 2.05) is 37.3 Å². The number of furan rings is 1. The molecule has 0 fully saturated rings. The van der Waals surface area contributed by atoms with Gasteiger partial charge < -0.3 is 28.7 Å². The first-order valence-electron chi connectivity index (χ1n) is 9.42. The van der Waals surface area contributed by atoms with Gasteiger partial charge in [-0.05, 0) is 30.7 Å². The minimum atomic E-state index is -0.718. The van der Waals surface area contributed by atoms with Gasteiger partial charge in [0.25, 0.3) is 5.91 Å². The standard InChI is InChI=1S/C22H21NO7/c1-13(14-7-8-18-19(9-14)29-12-28-18)23-20(24)11-27-22(25)21-16(10-26-2)15-5-3-4-6-17(15)30-21/h3-9,13H,10-12H2,1-2H3,(H,23,24)/t13-/m0/s1. The molecule has 0 saturated carbocycles. The van der Waals surface area contributed by atoms with Gasteiger partial charge in [0.2, 0.25) is 12.6 Å². The van der Waals surface area contributed by atoms with Gasteiger partial charge in [-0.25, -0.2) is 4.79 Å². The summed E-state index contributed by atoms with van der Waals surface area (Å²) >= 11 is 0. The maximum Gasteiger partial charge on any atom is 0.375 e. The molecule has 156 valence electrons. The highest BCUT2D eigenvalue weighted by molar-refractivity contribution is 5.96. The fourth-order valence-electron chi connectivity index (χ4n) is 3.30.